The van der Waals surface area contributed by atoms with Crippen molar-refractivity contribution < 1.29 is 9.53 Å². The third-order valence-electron chi connectivity index (χ3n) is 6.74. The number of ether oxygens (including phenoxy) is 1. The highest BCUT2D eigenvalue weighted by Gasteiger charge is 2.41. The molecule has 0 spiro atoms. The molecule has 164 valence electrons. The second kappa shape index (κ2) is 9.63. The summed E-state index contributed by atoms with van der Waals surface area (Å²) in [5.41, 5.74) is 4.15. The van der Waals surface area contributed by atoms with Crippen LogP contribution in [0.3, 0.4) is 0 Å². The lowest BCUT2D eigenvalue weighted by atomic mass is 9.88. The van der Waals surface area contributed by atoms with E-state index in [9.17, 15) is 4.79 Å². The molecule has 0 bridgehead atoms. The molecule has 2 saturated heterocycles. The Morgan fingerprint density at radius 2 is 1.75 bits per heavy atom. The van der Waals surface area contributed by atoms with Crippen LogP contribution in [-0.2, 0) is 9.53 Å². The Bertz CT molecular complexity index is 1040. The summed E-state index contributed by atoms with van der Waals surface area (Å²) in [5, 5.41) is 3.21. The SMILES string of the molecule is O=C(Nc1cccc(-c2cccnc2)c1)[C@H]1CN(C2CCOCC2)C[C@@H]1c1ccccc1. The molecule has 3 aromatic rings. The van der Waals surface area contributed by atoms with Crippen molar-refractivity contribution >= 4 is 11.6 Å². The number of nitrogens with one attached hydrogen (secondary N) is 1. The standard InChI is InChI=1S/C27H29N3O2/c31-27(29-23-10-4-8-21(16-23)22-9-5-13-28-17-22)26-19-30(24-11-14-32-15-12-24)18-25(26)20-6-2-1-3-7-20/h1-10,13,16-17,24-26H,11-12,14-15,18-19H2,(H,29,31)/t25-,26+/m1/s1. The molecule has 0 unspecified atom stereocenters. The first-order valence-electron chi connectivity index (χ1n) is 11.5. The number of carbonyl (C=O) groups excluding carboxylic acids is 1. The molecule has 2 aliphatic heterocycles. The molecule has 2 atom stereocenters. The predicted molar refractivity (Wildman–Crippen MR) is 126 cm³/mol. The van der Waals surface area contributed by atoms with E-state index in [1.807, 2.05) is 48.7 Å². The number of hydrogen-bond donors (Lipinski definition) is 1. The van der Waals surface area contributed by atoms with Gasteiger partial charge in [-0.05, 0) is 42.2 Å². The first-order valence-corrected chi connectivity index (χ1v) is 11.5. The van der Waals surface area contributed by atoms with E-state index in [0.717, 1.165) is 56.0 Å². The van der Waals surface area contributed by atoms with Gasteiger partial charge in [0.2, 0.25) is 5.91 Å². The van der Waals surface area contributed by atoms with Gasteiger partial charge in [-0.2, -0.15) is 0 Å². The molecular weight excluding hydrogens is 398 g/mol. The van der Waals surface area contributed by atoms with E-state index >= 15 is 0 Å². The maximum absolute atomic E-state index is 13.5. The van der Waals surface area contributed by atoms with Gasteiger partial charge >= 0.3 is 0 Å². The Hall–Kier alpha value is -3.02. The smallest absolute Gasteiger partial charge is 0.229 e. The van der Waals surface area contributed by atoms with Crippen molar-refractivity contribution in [3.63, 3.8) is 0 Å². The summed E-state index contributed by atoms with van der Waals surface area (Å²) in [6, 6.07) is 22.9. The van der Waals surface area contributed by atoms with Crippen molar-refractivity contribution in [1.29, 1.82) is 0 Å². The minimum Gasteiger partial charge on any atom is -0.381 e. The molecule has 0 aliphatic carbocycles. The van der Waals surface area contributed by atoms with Gasteiger partial charge < -0.3 is 10.1 Å². The Morgan fingerprint density at radius 1 is 0.938 bits per heavy atom. The van der Waals surface area contributed by atoms with E-state index in [4.69, 9.17) is 4.74 Å². The van der Waals surface area contributed by atoms with E-state index in [1.165, 1.54) is 5.56 Å². The first-order chi connectivity index (χ1) is 15.8. The zero-order chi connectivity index (χ0) is 21.8. The number of rotatable bonds is 5. The highest BCUT2D eigenvalue weighted by atomic mass is 16.5. The molecular formula is C27H29N3O2. The Labute approximate surface area is 189 Å². The van der Waals surface area contributed by atoms with Crippen LogP contribution in [0, 0.1) is 5.92 Å². The van der Waals surface area contributed by atoms with Crippen molar-refractivity contribution in [2.75, 3.05) is 31.6 Å². The van der Waals surface area contributed by atoms with Gasteiger partial charge in [-0.3, -0.25) is 14.7 Å². The largest absolute Gasteiger partial charge is 0.381 e. The van der Waals surface area contributed by atoms with Crippen molar-refractivity contribution in [3.8, 4) is 11.1 Å². The van der Waals surface area contributed by atoms with E-state index in [-0.39, 0.29) is 17.7 Å². The second-order valence-electron chi connectivity index (χ2n) is 8.73. The second-order valence-corrected chi connectivity index (χ2v) is 8.73. The zero-order valence-corrected chi connectivity index (χ0v) is 18.2. The summed E-state index contributed by atoms with van der Waals surface area (Å²) in [7, 11) is 0. The van der Waals surface area contributed by atoms with Gasteiger partial charge in [-0.1, -0.05) is 48.5 Å². The minimum absolute atomic E-state index is 0.0812. The van der Waals surface area contributed by atoms with Crippen molar-refractivity contribution in [2.24, 2.45) is 5.92 Å². The maximum Gasteiger partial charge on any atom is 0.229 e. The van der Waals surface area contributed by atoms with Crippen LogP contribution in [0.5, 0.6) is 0 Å². The fourth-order valence-corrected chi connectivity index (χ4v) is 5.03. The lowest BCUT2D eigenvalue weighted by Crippen LogP contribution is -2.38. The first kappa shape index (κ1) is 20.9. The topological polar surface area (TPSA) is 54.5 Å². The van der Waals surface area contributed by atoms with Crippen LogP contribution in [0.4, 0.5) is 5.69 Å². The molecule has 2 aromatic carbocycles. The summed E-state index contributed by atoms with van der Waals surface area (Å²) in [5.74, 6) is 0.208. The third kappa shape index (κ3) is 4.59. The van der Waals surface area contributed by atoms with E-state index < -0.39 is 0 Å². The lowest BCUT2D eigenvalue weighted by molar-refractivity contribution is -0.120. The molecule has 1 aromatic heterocycles. The maximum atomic E-state index is 13.5. The van der Waals surface area contributed by atoms with E-state index in [2.05, 4.69) is 39.5 Å². The normalized spacial score (nSPS) is 22.0. The molecule has 0 saturated carbocycles. The molecule has 1 amide bonds. The zero-order valence-electron chi connectivity index (χ0n) is 18.2. The number of likely N-dealkylation sites (tertiary alicyclic amines) is 1. The summed E-state index contributed by atoms with van der Waals surface area (Å²) < 4.78 is 5.56. The van der Waals surface area contributed by atoms with Crippen molar-refractivity contribution in [2.45, 2.75) is 24.8 Å². The number of anilines is 1. The molecule has 2 aliphatic rings. The highest BCUT2D eigenvalue weighted by molar-refractivity contribution is 5.94. The van der Waals surface area contributed by atoms with Gasteiger partial charge in [0.05, 0.1) is 5.92 Å². The monoisotopic (exact) mass is 427 g/mol. The number of nitrogens with zero attached hydrogens (tertiary/aromatic N) is 2. The Balaban J connectivity index is 1.36. The fourth-order valence-electron chi connectivity index (χ4n) is 5.03. The molecule has 1 N–H and O–H groups in total. The van der Waals surface area contributed by atoms with Gasteiger partial charge in [0, 0.05) is 61.9 Å². The highest BCUT2D eigenvalue weighted by Crippen LogP contribution is 2.36. The molecule has 5 rings (SSSR count). The van der Waals surface area contributed by atoms with Crippen LogP contribution in [0.1, 0.15) is 24.3 Å². The molecule has 5 heteroatoms. The van der Waals surface area contributed by atoms with Crippen LogP contribution in [0.15, 0.2) is 79.1 Å². The van der Waals surface area contributed by atoms with Crippen LogP contribution in [-0.4, -0.2) is 48.1 Å². The molecule has 5 nitrogen and oxygen atoms in total. The molecule has 3 heterocycles. The lowest BCUT2D eigenvalue weighted by Gasteiger charge is -2.31. The summed E-state index contributed by atoms with van der Waals surface area (Å²) >= 11 is 0. The van der Waals surface area contributed by atoms with Crippen molar-refractivity contribution in [1.82, 2.24) is 9.88 Å². The average molecular weight is 428 g/mol. The van der Waals surface area contributed by atoms with Gasteiger partial charge in [-0.15, -0.1) is 0 Å². The minimum atomic E-state index is -0.0812. The summed E-state index contributed by atoms with van der Waals surface area (Å²) in [6.45, 7) is 3.34. The summed E-state index contributed by atoms with van der Waals surface area (Å²) in [6.07, 6.45) is 5.70. The van der Waals surface area contributed by atoms with Crippen LogP contribution in [0.25, 0.3) is 11.1 Å². The van der Waals surface area contributed by atoms with Gasteiger partial charge in [0.1, 0.15) is 0 Å². The number of benzene rings is 2. The van der Waals surface area contributed by atoms with E-state index in [0.29, 0.717) is 6.04 Å². The predicted octanol–water partition coefficient (Wildman–Crippen LogP) is 4.58. The fraction of sp³-hybridized carbons (Fsp3) is 0.333. The third-order valence-corrected chi connectivity index (χ3v) is 6.74. The van der Waals surface area contributed by atoms with Gasteiger partial charge in [0.15, 0.2) is 0 Å². The number of aromatic nitrogens is 1. The van der Waals surface area contributed by atoms with Crippen LogP contribution in [0.2, 0.25) is 0 Å². The van der Waals surface area contributed by atoms with Crippen LogP contribution >= 0.6 is 0 Å². The quantitative estimate of drug-likeness (QED) is 0.648. The Kier molecular flexibility index (Phi) is 6.28. The summed E-state index contributed by atoms with van der Waals surface area (Å²) in [4.78, 5) is 20.2. The Morgan fingerprint density at radius 3 is 2.53 bits per heavy atom. The number of hydrogen-bond acceptors (Lipinski definition) is 4. The van der Waals surface area contributed by atoms with Gasteiger partial charge in [0.25, 0.3) is 0 Å². The van der Waals surface area contributed by atoms with Gasteiger partial charge in [-0.25, -0.2) is 0 Å². The molecule has 2 fully saturated rings. The average Bonchev–Trinajstić information content (AvgIpc) is 3.32. The van der Waals surface area contributed by atoms with Crippen LogP contribution < -0.4 is 5.32 Å². The molecule has 0 radical (unpaired) electrons. The number of amides is 1. The van der Waals surface area contributed by atoms with E-state index in [1.54, 1.807) is 6.20 Å². The van der Waals surface area contributed by atoms with Crippen molar-refractivity contribution in [3.05, 3.63) is 84.7 Å². The number of carbonyl (C=O) groups is 1. The molecule has 32 heavy (non-hydrogen) atoms. The number of pyridine rings is 1.